The Morgan fingerprint density at radius 3 is 2.19 bits per heavy atom. The average Bonchev–Trinajstić information content (AvgIpc) is 2.80. The van der Waals surface area contributed by atoms with Gasteiger partial charge in [-0.1, -0.05) is 71.7 Å². The molecule has 0 spiro atoms. The summed E-state index contributed by atoms with van der Waals surface area (Å²) in [6.07, 6.45) is 0.376. The Balaban J connectivity index is 1.94. The summed E-state index contributed by atoms with van der Waals surface area (Å²) >= 11 is 12.2. The molecular weight excluding hydrogens is 450 g/mol. The molecule has 2 amide bonds. The monoisotopic (exact) mass is 472 g/mol. The number of nitrogens with zero attached hydrogens (tertiary/aromatic N) is 1. The molecule has 166 valence electrons. The lowest BCUT2D eigenvalue weighted by Crippen LogP contribution is -2.50. The summed E-state index contributed by atoms with van der Waals surface area (Å²) in [6, 6.07) is 19.6. The van der Waals surface area contributed by atoms with Crippen LogP contribution in [0.5, 0.6) is 0 Å². The van der Waals surface area contributed by atoms with Crippen molar-refractivity contribution >= 4 is 35.0 Å². The number of rotatable bonds is 8. The third-order valence-corrected chi connectivity index (χ3v) is 5.86. The number of hydrogen-bond donors (Lipinski definition) is 1. The zero-order valence-corrected chi connectivity index (χ0v) is 19.0. The SMILES string of the molecule is CNC(=O)C(Cc1ccccc1)N(Cc1ccc(Cl)c(Cl)c1)C(=O)Cc1ccc(F)cc1. The van der Waals surface area contributed by atoms with Crippen molar-refractivity contribution in [3.63, 3.8) is 0 Å². The van der Waals surface area contributed by atoms with E-state index in [1.54, 1.807) is 37.4 Å². The van der Waals surface area contributed by atoms with Crippen molar-refractivity contribution < 1.29 is 14.0 Å². The van der Waals surface area contributed by atoms with Crippen LogP contribution in [0.25, 0.3) is 0 Å². The molecule has 0 aliphatic rings. The quantitative estimate of drug-likeness (QED) is 0.497. The first kappa shape index (κ1) is 23.8. The predicted molar refractivity (Wildman–Crippen MR) is 125 cm³/mol. The van der Waals surface area contributed by atoms with E-state index in [1.807, 2.05) is 30.3 Å². The smallest absolute Gasteiger partial charge is 0.242 e. The number of nitrogens with one attached hydrogen (secondary N) is 1. The number of carbonyl (C=O) groups is 2. The molecule has 0 aliphatic carbocycles. The van der Waals surface area contributed by atoms with Gasteiger partial charge in [-0.25, -0.2) is 4.39 Å². The van der Waals surface area contributed by atoms with Gasteiger partial charge in [0.15, 0.2) is 0 Å². The fourth-order valence-electron chi connectivity index (χ4n) is 3.43. The highest BCUT2D eigenvalue weighted by molar-refractivity contribution is 6.42. The zero-order valence-electron chi connectivity index (χ0n) is 17.5. The summed E-state index contributed by atoms with van der Waals surface area (Å²) in [5.41, 5.74) is 2.33. The summed E-state index contributed by atoms with van der Waals surface area (Å²) in [7, 11) is 1.54. The van der Waals surface area contributed by atoms with E-state index in [4.69, 9.17) is 23.2 Å². The minimum Gasteiger partial charge on any atom is -0.357 e. The van der Waals surface area contributed by atoms with Gasteiger partial charge in [-0.3, -0.25) is 9.59 Å². The average molecular weight is 473 g/mol. The number of hydrogen-bond acceptors (Lipinski definition) is 2. The van der Waals surface area contributed by atoms with Crippen molar-refractivity contribution in [2.75, 3.05) is 7.05 Å². The lowest BCUT2D eigenvalue weighted by Gasteiger charge is -2.31. The summed E-state index contributed by atoms with van der Waals surface area (Å²) in [5, 5.41) is 3.45. The van der Waals surface area contributed by atoms with Gasteiger partial charge in [0.05, 0.1) is 16.5 Å². The molecular formula is C25H23Cl2FN2O2. The Morgan fingerprint density at radius 1 is 0.906 bits per heavy atom. The Morgan fingerprint density at radius 2 is 1.56 bits per heavy atom. The molecule has 3 aromatic rings. The molecule has 1 atom stereocenters. The van der Waals surface area contributed by atoms with Crippen LogP contribution in [0.2, 0.25) is 10.0 Å². The van der Waals surface area contributed by atoms with Crippen molar-refractivity contribution in [2.24, 2.45) is 0 Å². The number of amides is 2. The Hall–Kier alpha value is -2.89. The molecule has 0 bridgehead atoms. The van der Waals surface area contributed by atoms with Crippen LogP contribution in [0.15, 0.2) is 72.8 Å². The topological polar surface area (TPSA) is 49.4 Å². The van der Waals surface area contributed by atoms with Crippen molar-refractivity contribution in [3.05, 3.63) is 105 Å². The van der Waals surface area contributed by atoms with E-state index < -0.39 is 6.04 Å². The molecule has 0 aliphatic heterocycles. The highest BCUT2D eigenvalue weighted by Crippen LogP contribution is 2.24. The summed E-state index contributed by atoms with van der Waals surface area (Å²) in [6.45, 7) is 0.168. The van der Waals surface area contributed by atoms with Gasteiger partial charge in [-0.2, -0.15) is 0 Å². The lowest BCUT2D eigenvalue weighted by atomic mass is 10.0. The predicted octanol–water partition coefficient (Wildman–Crippen LogP) is 5.06. The molecule has 0 radical (unpaired) electrons. The first-order valence-electron chi connectivity index (χ1n) is 10.1. The maximum absolute atomic E-state index is 13.4. The van der Waals surface area contributed by atoms with E-state index >= 15 is 0 Å². The Labute approximate surface area is 197 Å². The largest absolute Gasteiger partial charge is 0.357 e. The third kappa shape index (κ3) is 6.31. The van der Waals surface area contributed by atoms with Crippen LogP contribution < -0.4 is 5.32 Å². The van der Waals surface area contributed by atoms with Crippen LogP contribution in [0.1, 0.15) is 16.7 Å². The Kier molecular flexibility index (Phi) is 8.26. The van der Waals surface area contributed by atoms with Crippen LogP contribution in [-0.4, -0.2) is 29.8 Å². The van der Waals surface area contributed by atoms with Gasteiger partial charge in [0.2, 0.25) is 11.8 Å². The second kappa shape index (κ2) is 11.1. The van der Waals surface area contributed by atoms with E-state index in [0.717, 1.165) is 11.1 Å². The molecule has 3 rings (SSSR count). The van der Waals surface area contributed by atoms with Crippen LogP contribution in [0.3, 0.4) is 0 Å². The van der Waals surface area contributed by atoms with Crippen LogP contribution in [0, 0.1) is 5.82 Å². The number of carbonyl (C=O) groups excluding carboxylic acids is 2. The van der Waals surface area contributed by atoms with Gasteiger partial charge >= 0.3 is 0 Å². The minimum absolute atomic E-state index is 0.0316. The summed E-state index contributed by atoms with van der Waals surface area (Å²) < 4.78 is 13.3. The first-order chi connectivity index (χ1) is 15.4. The van der Waals surface area contributed by atoms with Crippen molar-refractivity contribution in [1.82, 2.24) is 10.2 Å². The molecule has 4 nitrogen and oxygen atoms in total. The van der Waals surface area contributed by atoms with Gasteiger partial charge in [0.1, 0.15) is 11.9 Å². The number of halogens is 3. The number of likely N-dealkylation sites (N-methyl/N-ethyl adjacent to an activating group) is 1. The maximum atomic E-state index is 13.4. The molecule has 1 unspecified atom stereocenters. The fourth-order valence-corrected chi connectivity index (χ4v) is 3.75. The molecule has 0 heterocycles. The molecule has 7 heteroatoms. The van der Waals surface area contributed by atoms with Crippen LogP contribution in [0.4, 0.5) is 4.39 Å². The third-order valence-electron chi connectivity index (χ3n) is 5.12. The molecule has 3 aromatic carbocycles. The highest BCUT2D eigenvalue weighted by Gasteiger charge is 2.30. The van der Waals surface area contributed by atoms with E-state index in [-0.39, 0.29) is 30.6 Å². The van der Waals surface area contributed by atoms with Crippen molar-refractivity contribution in [1.29, 1.82) is 0 Å². The maximum Gasteiger partial charge on any atom is 0.242 e. The molecule has 32 heavy (non-hydrogen) atoms. The van der Waals surface area contributed by atoms with Crippen molar-refractivity contribution in [3.8, 4) is 0 Å². The van der Waals surface area contributed by atoms with Gasteiger partial charge in [-0.15, -0.1) is 0 Å². The second-order valence-electron chi connectivity index (χ2n) is 7.39. The zero-order chi connectivity index (χ0) is 23.1. The second-order valence-corrected chi connectivity index (χ2v) is 8.21. The molecule has 1 N–H and O–H groups in total. The molecule has 0 aromatic heterocycles. The minimum atomic E-state index is -0.746. The van der Waals surface area contributed by atoms with E-state index in [9.17, 15) is 14.0 Å². The van der Waals surface area contributed by atoms with Gasteiger partial charge in [0.25, 0.3) is 0 Å². The standard InChI is InChI=1S/C25H23Cl2FN2O2/c1-29-25(32)23(14-17-5-3-2-4-6-17)30(16-19-9-12-21(26)22(27)13-19)24(31)15-18-7-10-20(28)11-8-18/h2-13,23H,14-16H2,1H3,(H,29,32). The van der Waals surface area contributed by atoms with Gasteiger partial charge < -0.3 is 10.2 Å². The fraction of sp³-hybridized carbons (Fsp3) is 0.200. The number of benzene rings is 3. The van der Waals surface area contributed by atoms with E-state index in [0.29, 0.717) is 22.0 Å². The van der Waals surface area contributed by atoms with E-state index in [2.05, 4.69) is 5.32 Å². The van der Waals surface area contributed by atoms with Crippen LogP contribution >= 0.6 is 23.2 Å². The van der Waals surface area contributed by atoms with Gasteiger partial charge in [0, 0.05) is 20.0 Å². The lowest BCUT2D eigenvalue weighted by molar-refractivity contribution is -0.140. The van der Waals surface area contributed by atoms with Crippen LogP contribution in [-0.2, 0) is 29.0 Å². The Bertz CT molecular complexity index is 1080. The summed E-state index contributed by atoms with van der Waals surface area (Å²) in [4.78, 5) is 27.8. The molecule has 0 saturated carbocycles. The van der Waals surface area contributed by atoms with E-state index in [1.165, 1.54) is 17.0 Å². The normalized spacial score (nSPS) is 11.6. The first-order valence-corrected chi connectivity index (χ1v) is 10.9. The highest BCUT2D eigenvalue weighted by atomic mass is 35.5. The molecule has 0 fully saturated rings. The van der Waals surface area contributed by atoms with Gasteiger partial charge in [-0.05, 0) is 41.0 Å². The summed E-state index contributed by atoms with van der Waals surface area (Å²) in [5.74, 6) is -0.908. The van der Waals surface area contributed by atoms with Crippen molar-refractivity contribution in [2.45, 2.75) is 25.4 Å². The molecule has 0 saturated heterocycles.